The molecule has 0 heterocycles. The first kappa shape index (κ1) is 31.8. The van der Waals surface area contributed by atoms with E-state index in [0.29, 0.717) is 11.8 Å². The van der Waals surface area contributed by atoms with E-state index in [2.05, 4.69) is 135 Å². The van der Waals surface area contributed by atoms with Crippen molar-refractivity contribution < 1.29 is 10.2 Å². The fourth-order valence-electron chi connectivity index (χ4n) is 9.82. The molecule has 0 aromatic heterocycles. The highest BCUT2D eigenvalue weighted by Gasteiger charge is 2.53. The van der Waals surface area contributed by atoms with Crippen molar-refractivity contribution >= 4 is 0 Å². The first-order valence-corrected chi connectivity index (χ1v) is 17.6. The third-order valence-electron chi connectivity index (χ3n) is 11.8. The van der Waals surface area contributed by atoms with Crippen molar-refractivity contribution in [2.24, 2.45) is 17.3 Å². The van der Waals surface area contributed by atoms with Gasteiger partial charge in [0.15, 0.2) is 0 Å². The Morgan fingerprint density at radius 3 is 0.911 bits per heavy atom. The third kappa shape index (κ3) is 6.56. The Balaban J connectivity index is 1.45. The van der Waals surface area contributed by atoms with Gasteiger partial charge in [0.25, 0.3) is 0 Å². The average molecular weight is 601 g/mol. The summed E-state index contributed by atoms with van der Waals surface area (Å²) < 4.78 is 0. The maximum atomic E-state index is 12.1. The zero-order valence-corrected chi connectivity index (χ0v) is 27.2. The van der Waals surface area contributed by atoms with E-state index in [1.165, 1.54) is 35.1 Å². The van der Waals surface area contributed by atoms with Crippen molar-refractivity contribution in [1.29, 1.82) is 0 Å². The first-order chi connectivity index (χ1) is 22.1. The molecule has 0 radical (unpaired) electrons. The van der Waals surface area contributed by atoms with Gasteiger partial charge in [-0.15, -0.1) is 0 Å². The maximum absolute atomic E-state index is 12.1. The fourth-order valence-corrected chi connectivity index (χ4v) is 9.82. The van der Waals surface area contributed by atoms with E-state index in [0.717, 1.165) is 38.5 Å². The number of hydrogen-bond donors (Lipinski definition) is 2. The molecule has 4 unspecified atom stereocenters. The first-order valence-electron chi connectivity index (χ1n) is 17.6. The SMILES string of the molecule is CCCC(CCC)(C1CC(c2ccccc2)C(O)C(c2ccccc2)C1)C1CC(c2ccccc2)C(O)C(c2ccccc2)C1. The second-order valence-electron chi connectivity index (χ2n) is 14.1. The molecular weight excluding hydrogens is 548 g/mol. The highest BCUT2D eigenvalue weighted by Crippen LogP contribution is 2.61. The number of aliphatic hydroxyl groups excluding tert-OH is 2. The van der Waals surface area contributed by atoms with Crippen LogP contribution >= 0.6 is 0 Å². The Morgan fingerprint density at radius 2 is 0.689 bits per heavy atom. The molecule has 2 nitrogen and oxygen atoms in total. The summed E-state index contributed by atoms with van der Waals surface area (Å²) in [4.78, 5) is 0. The molecule has 0 saturated heterocycles. The average Bonchev–Trinajstić information content (AvgIpc) is 3.10. The highest BCUT2D eigenvalue weighted by molar-refractivity contribution is 5.31. The van der Waals surface area contributed by atoms with Crippen LogP contribution in [0.4, 0.5) is 0 Å². The molecule has 2 fully saturated rings. The summed E-state index contributed by atoms with van der Waals surface area (Å²) in [6.45, 7) is 4.74. The smallest absolute Gasteiger partial charge is 0.0677 e. The van der Waals surface area contributed by atoms with Crippen LogP contribution in [0.3, 0.4) is 0 Å². The van der Waals surface area contributed by atoms with Crippen LogP contribution in [0.25, 0.3) is 0 Å². The van der Waals surface area contributed by atoms with Gasteiger partial charge in [0.1, 0.15) is 0 Å². The quantitative estimate of drug-likeness (QED) is 0.190. The zero-order valence-electron chi connectivity index (χ0n) is 27.2. The Morgan fingerprint density at radius 1 is 0.444 bits per heavy atom. The molecule has 4 atom stereocenters. The summed E-state index contributed by atoms with van der Waals surface area (Å²) in [6, 6.07) is 43.2. The lowest BCUT2D eigenvalue weighted by molar-refractivity contribution is -0.0589. The summed E-state index contributed by atoms with van der Waals surface area (Å²) in [7, 11) is 0. The number of rotatable bonds is 10. The molecule has 2 N–H and O–H groups in total. The molecule has 2 saturated carbocycles. The van der Waals surface area contributed by atoms with E-state index in [9.17, 15) is 10.2 Å². The number of benzene rings is 4. The minimum Gasteiger partial charge on any atom is -0.392 e. The standard InChI is InChI=1S/C43H52O2/c1-3-25-43(26-4-2,35-27-37(31-17-9-5-10-18-31)41(44)38(28-35)32-19-11-6-12-20-32)36-29-39(33-21-13-7-14-22-33)42(45)40(30-36)34-23-15-8-16-24-34/h5-24,35-42,44-45H,3-4,25-30H2,1-2H3. The van der Waals surface area contributed by atoms with Crippen molar-refractivity contribution in [3.8, 4) is 0 Å². The summed E-state index contributed by atoms with van der Waals surface area (Å²) in [6.07, 6.45) is 7.91. The van der Waals surface area contributed by atoms with Crippen LogP contribution in [0.2, 0.25) is 0 Å². The largest absolute Gasteiger partial charge is 0.392 e. The Hall–Kier alpha value is -3.20. The van der Waals surface area contributed by atoms with Crippen LogP contribution in [-0.4, -0.2) is 22.4 Å². The molecule has 236 valence electrons. The van der Waals surface area contributed by atoms with Crippen LogP contribution in [-0.2, 0) is 0 Å². The van der Waals surface area contributed by atoms with Crippen molar-refractivity contribution in [2.45, 2.75) is 101 Å². The van der Waals surface area contributed by atoms with E-state index in [-0.39, 0.29) is 29.1 Å². The number of hydrogen-bond acceptors (Lipinski definition) is 2. The van der Waals surface area contributed by atoms with Crippen molar-refractivity contribution in [1.82, 2.24) is 0 Å². The van der Waals surface area contributed by atoms with Crippen LogP contribution in [0, 0.1) is 17.3 Å². The van der Waals surface area contributed by atoms with E-state index < -0.39 is 12.2 Å². The van der Waals surface area contributed by atoms with Crippen molar-refractivity contribution in [3.05, 3.63) is 144 Å². The monoisotopic (exact) mass is 600 g/mol. The van der Waals surface area contributed by atoms with Gasteiger partial charge in [-0.1, -0.05) is 148 Å². The van der Waals surface area contributed by atoms with Crippen LogP contribution in [0.5, 0.6) is 0 Å². The highest BCUT2D eigenvalue weighted by atomic mass is 16.3. The molecule has 0 amide bonds. The van der Waals surface area contributed by atoms with E-state index >= 15 is 0 Å². The molecule has 2 aliphatic rings. The van der Waals surface area contributed by atoms with Gasteiger partial charge in [-0.25, -0.2) is 0 Å². The van der Waals surface area contributed by atoms with E-state index in [1.807, 2.05) is 0 Å². The topological polar surface area (TPSA) is 40.5 Å². The van der Waals surface area contributed by atoms with Gasteiger partial charge in [0.2, 0.25) is 0 Å². The van der Waals surface area contributed by atoms with Crippen LogP contribution in [0.1, 0.15) is 111 Å². The summed E-state index contributed by atoms with van der Waals surface area (Å²) in [5.41, 5.74) is 5.19. The Kier molecular flexibility index (Phi) is 10.2. The lowest BCUT2D eigenvalue weighted by atomic mass is 9.50. The third-order valence-corrected chi connectivity index (χ3v) is 11.8. The molecule has 45 heavy (non-hydrogen) atoms. The molecule has 0 aliphatic heterocycles. The molecule has 0 bridgehead atoms. The molecule has 4 aromatic rings. The van der Waals surface area contributed by atoms with Gasteiger partial charge in [0, 0.05) is 23.7 Å². The lowest BCUT2D eigenvalue weighted by Crippen LogP contribution is -2.48. The second-order valence-corrected chi connectivity index (χ2v) is 14.1. The van der Waals surface area contributed by atoms with E-state index in [4.69, 9.17) is 0 Å². The predicted octanol–water partition coefficient (Wildman–Crippen LogP) is 10.2. The van der Waals surface area contributed by atoms with E-state index in [1.54, 1.807) is 0 Å². The van der Waals surface area contributed by atoms with Gasteiger partial charge in [0.05, 0.1) is 12.2 Å². The molecule has 6 rings (SSSR count). The maximum Gasteiger partial charge on any atom is 0.0677 e. The molecule has 2 aliphatic carbocycles. The summed E-state index contributed by atoms with van der Waals surface area (Å²) in [5.74, 6) is 1.37. The summed E-state index contributed by atoms with van der Waals surface area (Å²) in [5, 5.41) is 24.1. The van der Waals surface area contributed by atoms with Gasteiger partial charge in [-0.3, -0.25) is 0 Å². The van der Waals surface area contributed by atoms with Gasteiger partial charge in [-0.05, 0) is 78.0 Å². The second kappa shape index (κ2) is 14.5. The van der Waals surface area contributed by atoms with Crippen molar-refractivity contribution in [2.75, 3.05) is 0 Å². The summed E-state index contributed by atoms with van der Waals surface area (Å²) >= 11 is 0. The molecule has 4 aromatic carbocycles. The van der Waals surface area contributed by atoms with Gasteiger partial charge < -0.3 is 10.2 Å². The fraction of sp³-hybridized carbons (Fsp3) is 0.442. The van der Waals surface area contributed by atoms with Gasteiger partial charge >= 0.3 is 0 Å². The van der Waals surface area contributed by atoms with Crippen LogP contribution in [0.15, 0.2) is 121 Å². The minimum absolute atomic E-state index is 0.104. The van der Waals surface area contributed by atoms with Gasteiger partial charge in [-0.2, -0.15) is 0 Å². The number of aliphatic hydroxyl groups is 2. The minimum atomic E-state index is -0.408. The lowest BCUT2D eigenvalue weighted by Gasteiger charge is -2.56. The zero-order chi connectivity index (χ0) is 31.2. The molecule has 0 spiro atoms. The van der Waals surface area contributed by atoms with Crippen LogP contribution < -0.4 is 0 Å². The predicted molar refractivity (Wildman–Crippen MR) is 186 cm³/mol. The van der Waals surface area contributed by atoms with Crippen molar-refractivity contribution in [3.63, 3.8) is 0 Å². The Bertz CT molecular complexity index is 1220. The Labute approximate surface area is 271 Å². The molecular formula is C43H52O2. The molecule has 2 heteroatoms. The normalized spacial score (nSPS) is 28.9.